The Morgan fingerprint density at radius 2 is 1.74 bits per heavy atom. The predicted molar refractivity (Wildman–Crippen MR) is 116 cm³/mol. The molecule has 4 rings (SSSR count). The molecule has 6 nitrogen and oxygen atoms in total. The molecule has 3 aromatic rings. The first-order chi connectivity index (χ1) is 14.8. The molecule has 1 aromatic heterocycles. The van der Waals surface area contributed by atoms with Gasteiger partial charge in [-0.15, -0.1) is 11.3 Å². The van der Waals surface area contributed by atoms with Gasteiger partial charge in [-0.05, 0) is 55.8 Å². The number of aliphatic hydroxyl groups excluding tert-OH is 1. The summed E-state index contributed by atoms with van der Waals surface area (Å²) in [4.78, 5) is 32.8. The molecule has 1 amide bonds. The zero-order chi connectivity index (χ0) is 22.3. The van der Waals surface area contributed by atoms with Crippen molar-refractivity contribution in [1.29, 1.82) is 0 Å². The van der Waals surface area contributed by atoms with E-state index in [4.69, 9.17) is 4.74 Å². The van der Waals surface area contributed by atoms with Gasteiger partial charge >= 0.3 is 5.91 Å². The number of benzene rings is 2. The van der Waals surface area contributed by atoms with Gasteiger partial charge in [0.05, 0.1) is 24.4 Å². The zero-order valence-electron chi connectivity index (χ0n) is 17.0. The van der Waals surface area contributed by atoms with E-state index in [-0.39, 0.29) is 16.9 Å². The molecule has 158 valence electrons. The SMILES string of the molecule is COc1ccc([C@@H]2C(=C(O)c3ccc(F)cc3)C(=O)C(=O)N2c2nc(C)c(C)s2)cc1. The predicted octanol–water partition coefficient (Wildman–Crippen LogP) is 4.53. The summed E-state index contributed by atoms with van der Waals surface area (Å²) in [5.41, 5.74) is 1.53. The van der Waals surface area contributed by atoms with Crippen molar-refractivity contribution in [2.45, 2.75) is 19.9 Å². The maximum absolute atomic E-state index is 13.4. The standard InChI is InChI=1S/C23H19FN2O4S/c1-12-13(2)31-23(25-12)26-19(14-6-10-17(30-3)11-7-14)18(21(28)22(26)29)20(27)15-4-8-16(24)9-5-15/h4-11,19,27H,1-3H3/t19-/m1/s1. The third kappa shape index (κ3) is 3.59. The van der Waals surface area contributed by atoms with Crippen LogP contribution in [0, 0.1) is 19.7 Å². The third-order valence-corrected chi connectivity index (χ3v) is 6.29. The van der Waals surface area contributed by atoms with Crippen molar-refractivity contribution in [2.24, 2.45) is 0 Å². The monoisotopic (exact) mass is 438 g/mol. The van der Waals surface area contributed by atoms with Crippen LogP contribution in [0.4, 0.5) is 9.52 Å². The smallest absolute Gasteiger partial charge is 0.301 e. The number of ether oxygens (including phenoxy) is 1. The van der Waals surface area contributed by atoms with Crippen LogP contribution >= 0.6 is 11.3 Å². The van der Waals surface area contributed by atoms with Gasteiger partial charge < -0.3 is 9.84 Å². The number of aliphatic hydroxyl groups is 1. The topological polar surface area (TPSA) is 79.7 Å². The average Bonchev–Trinajstić information content (AvgIpc) is 3.23. The molecule has 31 heavy (non-hydrogen) atoms. The summed E-state index contributed by atoms with van der Waals surface area (Å²) in [7, 11) is 1.54. The van der Waals surface area contributed by atoms with E-state index in [1.54, 1.807) is 24.3 Å². The number of carbonyl (C=O) groups is 2. The lowest BCUT2D eigenvalue weighted by molar-refractivity contribution is -0.132. The molecule has 0 bridgehead atoms. The fourth-order valence-electron chi connectivity index (χ4n) is 3.45. The molecule has 1 saturated heterocycles. The summed E-state index contributed by atoms with van der Waals surface area (Å²) < 4.78 is 18.6. The number of ketones is 1. The molecule has 8 heteroatoms. The van der Waals surface area contributed by atoms with Gasteiger partial charge in [0.2, 0.25) is 0 Å². The molecule has 0 unspecified atom stereocenters. The molecule has 1 N–H and O–H groups in total. The molecule has 1 aliphatic heterocycles. The van der Waals surface area contributed by atoms with E-state index in [2.05, 4.69) is 4.98 Å². The number of aromatic nitrogens is 1. The normalized spacial score (nSPS) is 17.9. The van der Waals surface area contributed by atoms with Gasteiger partial charge in [0.15, 0.2) is 5.13 Å². The van der Waals surface area contributed by atoms with Crippen LogP contribution in [0.15, 0.2) is 54.1 Å². The van der Waals surface area contributed by atoms with E-state index in [9.17, 15) is 19.1 Å². The number of hydrogen-bond donors (Lipinski definition) is 1. The summed E-state index contributed by atoms with van der Waals surface area (Å²) in [6.45, 7) is 3.71. The second kappa shape index (κ2) is 7.96. The van der Waals surface area contributed by atoms with Gasteiger partial charge in [-0.25, -0.2) is 9.37 Å². The number of aryl methyl sites for hydroxylation is 2. The Hall–Kier alpha value is -3.52. The molecule has 2 aromatic carbocycles. The van der Waals surface area contributed by atoms with Crippen LogP contribution in [0.3, 0.4) is 0 Å². The maximum Gasteiger partial charge on any atom is 0.301 e. The van der Waals surface area contributed by atoms with Crippen molar-refractivity contribution in [3.63, 3.8) is 0 Å². The van der Waals surface area contributed by atoms with Crippen molar-refractivity contribution in [1.82, 2.24) is 4.98 Å². The van der Waals surface area contributed by atoms with Crippen LogP contribution in [0.1, 0.15) is 27.7 Å². The second-order valence-electron chi connectivity index (χ2n) is 7.09. The molecule has 0 radical (unpaired) electrons. The van der Waals surface area contributed by atoms with Crippen LogP contribution in [0.5, 0.6) is 5.75 Å². The first-order valence-corrected chi connectivity index (χ1v) is 10.3. The van der Waals surface area contributed by atoms with Gasteiger partial charge in [-0.3, -0.25) is 14.5 Å². The van der Waals surface area contributed by atoms with Gasteiger partial charge in [-0.1, -0.05) is 12.1 Å². The summed E-state index contributed by atoms with van der Waals surface area (Å²) in [6, 6.07) is 11.1. The van der Waals surface area contributed by atoms with E-state index in [1.807, 2.05) is 13.8 Å². The molecule has 1 atom stereocenters. The Balaban J connectivity index is 1.93. The Morgan fingerprint density at radius 3 is 2.29 bits per heavy atom. The van der Waals surface area contributed by atoms with Gasteiger partial charge in [0, 0.05) is 10.4 Å². The van der Waals surface area contributed by atoms with Gasteiger partial charge in [-0.2, -0.15) is 0 Å². The fraction of sp³-hybridized carbons (Fsp3) is 0.174. The summed E-state index contributed by atoms with van der Waals surface area (Å²) in [6.07, 6.45) is 0. The third-order valence-electron chi connectivity index (χ3n) is 5.22. The molecule has 2 heterocycles. The van der Waals surface area contributed by atoms with Gasteiger partial charge in [0.25, 0.3) is 5.78 Å². The van der Waals surface area contributed by atoms with Crippen molar-refractivity contribution in [3.05, 3.63) is 81.6 Å². The van der Waals surface area contributed by atoms with E-state index in [0.29, 0.717) is 16.4 Å². The van der Waals surface area contributed by atoms with Gasteiger partial charge in [0.1, 0.15) is 17.3 Å². The van der Waals surface area contributed by atoms with Crippen LogP contribution in [0.25, 0.3) is 5.76 Å². The number of amides is 1. The fourth-order valence-corrected chi connectivity index (χ4v) is 4.39. The molecule has 1 aliphatic rings. The number of thiazole rings is 1. The highest BCUT2D eigenvalue weighted by molar-refractivity contribution is 7.16. The van der Waals surface area contributed by atoms with Crippen molar-refractivity contribution >= 4 is 33.9 Å². The Bertz CT molecular complexity index is 1180. The molecule has 0 aliphatic carbocycles. The molecular formula is C23H19FN2O4S. The Kier molecular flexibility index (Phi) is 5.32. The van der Waals surface area contributed by atoms with Crippen LogP contribution < -0.4 is 9.64 Å². The van der Waals surface area contributed by atoms with E-state index in [1.165, 1.54) is 47.6 Å². The number of nitrogens with zero attached hydrogens (tertiary/aromatic N) is 2. The number of halogens is 1. The Morgan fingerprint density at radius 1 is 1.10 bits per heavy atom. The van der Waals surface area contributed by atoms with Crippen molar-refractivity contribution < 1.29 is 23.8 Å². The zero-order valence-corrected chi connectivity index (χ0v) is 17.9. The van der Waals surface area contributed by atoms with Crippen LogP contribution in [0.2, 0.25) is 0 Å². The average molecular weight is 438 g/mol. The van der Waals surface area contributed by atoms with Crippen molar-refractivity contribution in [2.75, 3.05) is 12.0 Å². The first-order valence-electron chi connectivity index (χ1n) is 9.46. The highest BCUT2D eigenvalue weighted by Crippen LogP contribution is 2.43. The molecule has 0 saturated carbocycles. The largest absolute Gasteiger partial charge is 0.507 e. The minimum Gasteiger partial charge on any atom is -0.507 e. The summed E-state index contributed by atoms with van der Waals surface area (Å²) in [5, 5.41) is 11.3. The number of carbonyl (C=O) groups excluding carboxylic acids is 2. The van der Waals surface area contributed by atoms with E-state index in [0.717, 1.165) is 10.6 Å². The first kappa shape index (κ1) is 20.7. The lowest BCUT2D eigenvalue weighted by Gasteiger charge is -2.23. The summed E-state index contributed by atoms with van der Waals surface area (Å²) in [5.74, 6) is -1.84. The quantitative estimate of drug-likeness (QED) is 0.368. The summed E-state index contributed by atoms with van der Waals surface area (Å²) >= 11 is 1.30. The lowest BCUT2D eigenvalue weighted by atomic mass is 9.95. The second-order valence-corrected chi connectivity index (χ2v) is 8.27. The molecule has 1 fully saturated rings. The number of hydrogen-bond acceptors (Lipinski definition) is 6. The lowest BCUT2D eigenvalue weighted by Crippen LogP contribution is -2.29. The number of rotatable bonds is 4. The highest BCUT2D eigenvalue weighted by atomic mass is 32.1. The minimum absolute atomic E-state index is 0.0766. The van der Waals surface area contributed by atoms with Crippen molar-refractivity contribution in [3.8, 4) is 5.75 Å². The molecule has 0 spiro atoms. The van der Waals surface area contributed by atoms with E-state index >= 15 is 0 Å². The maximum atomic E-state index is 13.4. The van der Waals surface area contributed by atoms with E-state index < -0.39 is 23.5 Å². The highest BCUT2D eigenvalue weighted by Gasteiger charge is 2.48. The number of anilines is 1. The van der Waals surface area contributed by atoms with Crippen LogP contribution in [-0.2, 0) is 9.59 Å². The Labute approximate surface area is 182 Å². The number of methoxy groups -OCH3 is 1. The molecular weight excluding hydrogens is 419 g/mol. The minimum atomic E-state index is -0.888. The number of Topliss-reactive ketones (excluding diaryl/α,β-unsaturated/α-hetero) is 1. The van der Waals surface area contributed by atoms with Crippen LogP contribution in [-0.4, -0.2) is 28.9 Å².